The van der Waals surface area contributed by atoms with Crippen molar-refractivity contribution >= 4 is 11.7 Å². The Bertz CT molecular complexity index is 749. The summed E-state index contributed by atoms with van der Waals surface area (Å²) >= 11 is 0. The number of hydrogen-bond donors (Lipinski definition) is 0. The van der Waals surface area contributed by atoms with Crippen molar-refractivity contribution in [2.75, 3.05) is 6.61 Å². The van der Waals surface area contributed by atoms with Crippen LogP contribution in [-0.2, 0) is 10.3 Å². The van der Waals surface area contributed by atoms with Gasteiger partial charge < -0.3 is 4.74 Å². The van der Waals surface area contributed by atoms with Gasteiger partial charge in [-0.3, -0.25) is 9.55 Å². The number of aliphatic imine (C=N–C) groups is 1. The van der Waals surface area contributed by atoms with Crippen molar-refractivity contribution in [3.05, 3.63) is 47.8 Å². The molecule has 1 amide bonds. The van der Waals surface area contributed by atoms with E-state index in [9.17, 15) is 4.79 Å². The minimum Gasteiger partial charge on any atom is -0.355 e. The monoisotopic (exact) mass is 268 g/mol. The van der Waals surface area contributed by atoms with E-state index < -0.39 is 5.60 Å². The summed E-state index contributed by atoms with van der Waals surface area (Å²) in [6.07, 6.45) is 5.55. The maximum atomic E-state index is 12.0. The summed E-state index contributed by atoms with van der Waals surface area (Å²) < 4.78 is 7.42. The van der Waals surface area contributed by atoms with E-state index in [4.69, 9.17) is 4.74 Å². The van der Waals surface area contributed by atoms with Gasteiger partial charge in [0.1, 0.15) is 0 Å². The molecule has 1 saturated heterocycles. The maximum Gasteiger partial charge on any atom is 0.353 e. The molecule has 0 aliphatic carbocycles. The van der Waals surface area contributed by atoms with Gasteiger partial charge in [0.2, 0.25) is 5.60 Å². The maximum absolute atomic E-state index is 12.0. The van der Waals surface area contributed by atoms with E-state index in [1.165, 1.54) is 4.57 Å². The number of hydrogen-bond acceptors (Lipinski definition) is 4. The van der Waals surface area contributed by atoms with Gasteiger partial charge in [0.05, 0.1) is 18.0 Å². The summed E-state index contributed by atoms with van der Waals surface area (Å²) in [7, 11) is 0. The molecule has 4 rings (SSSR count). The first kappa shape index (κ1) is 11.5. The standard InChI is InChI=1S/C14H12N4O2/c1-9-2-4-15-11(8-9)14-10(3-7-20-14)17-13(19)18-6-5-16-12(14)18/h2,4-6,8H,3,7H2,1H3. The Morgan fingerprint density at radius 2 is 2.25 bits per heavy atom. The van der Waals surface area contributed by atoms with Crippen molar-refractivity contribution in [2.24, 2.45) is 4.99 Å². The van der Waals surface area contributed by atoms with Gasteiger partial charge in [0.25, 0.3) is 0 Å². The summed E-state index contributed by atoms with van der Waals surface area (Å²) in [5.74, 6) is 0.545. The molecule has 20 heavy (non-hydrogen) atoms. The number of rotatable bonds is 1. The highest BCUT2D eigenvalue weighted by molar-refractivity contribution is 6.06. The predicted octanol–water partition coefficient (Wildman–Crippen LogP) is 1.67. The molecule has 1 unspecified atom stereocenters. The number of fused-ring (bicyclic) bond motifs is 3. The van der Waals surface area contributed by atoms with Crippen molar-refractivity contribution in [3.8, 4) is 0 Å². The molecule has 2 aromatic rings. The molecule has 0 radical (unpaired) electrons. The second-order valence-electron chi connectivity index (χ2n) is 4.96. The molecule has 0 bridgehead atoms. The van der Waals surface area contributed by atoms with E-state index in [-0.39, 0.29) is 6.03 Å². The molecule has 1 atom stereocenters. The lowest BCUT2D eigenvalue weighted by Gasteiger charge is -2.30. The fourth-order valence-electron chi connectivity index (χ4n) is 2.84. The first-order valence-electron chi connectivity index (χ1n) is 6.45. The molecule has 2 aliphatic rings. The number of carbonyl (C=O) groups excluding carboxylic acids is 1. The van der Waals surface area contributed by atoms with E-state index >= 15 is 0 Å². The van der Waals surface area contributed by atoms with Crippen LogP contribution in [0, 0.1) is 6.92 Å². The molecule has 2 aromatic heterocycles. The summed E-state index contributed by atoms with van der Waals surface area (Å²) in [6.45, 7) is 2.50. The van der Waals surface area contributed by atoms with Crippen LogP contribution in [0.25, 0.3) is 0 Å². The summed E-state index contributed by atoms with van der Waals surface area (Å²) in [5.41, 5.74) is 1.59. The quantitative estimate of drug-likeness (QED) is 0.789. The Morgan fingerprint density at radius 3 is 3.10 bits per heavy atom. The molecule has 6 heteroatoms. The molecule has 1 fully saturated rings. The topological polar surface area (TPSA) is 69.4 Å². The van der Waals surface area contributed by atoms with Crippen LogP contribution in [0.3, 0.4) is 0 Å². The molecule has 100 valence electrons. The van der Waals surface area contributed by atoms with Crippen LogP contribution in [0.5, 0.6) is 0 Å². The van der Waals surface area contributed by atoms with E-state index in [2.05, 4.69) is 15.0 Å². The Kier molecular flexibility index (Phi) is 2.20. The first-order valence-corrected chi connectivity index (χ1v) is 6.45. The molecule has 6 nitrogen and oxygen atoms in total. The number of amides is 1. The van der Waals surface area contributed by atoms with Crippen molar-refractivity contribution < 1.29 is 9.53 Å². The molecule has 4 heterocycles. The van der Waals surface area contributed by atoms with Gasteiger partial charge in [-0.1, -0.05) is 0 Å². The summed E-state index contributed by atoms with van der Waals surface area (Å²) in [6, 6.07) is 3.56. The van der Waals surface area contributed by atoms with Crippen molar-refractivity contribution in [1.82, 2.24) is 14.5 Å². The number of pyridine rings is 1. The van der Waals surface area contributed by atoms with Gasteiger partial charge >= 0.3 is 6.03 Å². The molecule has 0 aromatic carbocycles. The SMILES string of the molecule is Cc1ccnc(C23OCCC2=NC(=O)n2ccnc23)c1. The highest BCUT2D eigenvalue weighted by Crippen LogP contribution is 2.41. The summed E-state index contributed by atoms with van der Waals surface area (Å²) in [5, 5.41) is 0. The normalized spacial score (nSPS) is 24.2. The minimum atomic E-state index is -0.913. The van der Waals surface area contributed by atoms with Crippen LogP contribution < -0.4 is 0 Å². The smallest absolute Gasteiger partial charge is 0.353 e. The van der Waals surface area contributed by atoms with E-state index in [1.807, 2.05) is 19.1 Å². The number of aryl methyl sites for hydroxylation is 1. The zero-order valence-corrected chi connectivity index (χ0v) is 10.9. The third-order valence-corrected chi connectivity index (χ3v) is 3.73. The molecule has 0 spiro atoms. The Balaban J connectivity index is 2.03. The third-order valence-electron chi connectivity index (χ3n) is 3.73. The molecule has 0 N–H and O–H groups in total. The van der Waals surface area contributed by atoms with E-state index in [0.717, 1.165) is 11.3 Å². The van der Waals surface area contributed by atoms with Crippen LogP contribution in [-0.4, -0.2) is 32.9 Å². The van der Waals surface area contributed by atoms with Crippen LogP contribution in [0.2, 0.25) is 0 Å². The van der Waals surface area contributed by atoms with Crippen LogP contribution in [0.1, 0.15) is 23.5 Å². The number of ether oxygens (including phenoxy) is 1. The number of aromatic nitrogens is 3. The molecular formula is C14H12N4O2. The fraction of sp³-hybridized carbons (Fsp3) is 0.286. The van der Waals surface area contributed by atoms with Gasteiger partial charge in [0.15, 0.2) is 5.82 Å². The largest absolute Gasteiger partial charge is 0.355 e. The first-order chi connectivity index (χ1) is 9.72. The average Bonchev–Trinajstić information content (AvgIpc) is 3.05. The van der Waals surface area contributed by atoms with Gasteiger partial charge in [-0.15, -0.1) is 0 Å². The Hall–Kier alpha value is -2.34. The van der Waals surface area contributed by atoms with Gasteiger partial charge in [0, 0.05) is 25.0 Å². The minimum absolute atomic E-state index is 0.318. The lowest BCUT2D eigenvalue weighted by Crippen LogP contribution is -2.42. The average molecular weight is 268 g/mol. The Labute approximate surface area is 115 Å². The van der Waals surface area contributed by atoms with Crippen molar-refractivity contribution in [3.63, 3.8) is 0 Å². The fourth-order valence-corrected chi connectivity index (χ4v) is 2.84. The molecule has 0 saturated carbocycles. The van der Waals surface area contributed by atoms with Gasteiger partial charge in [-0.05, 0) is 24.6 Å². The van der Waals surface area contributed by atoms with E-state index in [1.54, 1.807) is 18.6 Å². The number of imidazole rings is 1. The van der Waals surface area contributed by atoms with Crippen LogP contribution >= 0.6 is 0 Å². The lowest BCUT2D eigenvalue weighted by molar-refractivity contribution is 0.0552. The Morgan fingerprint density at radius 1 is 1.35 bits per heavy atom. The van der Waals surface area contributed by atoms with Crippen molar-refractivity contribution in [2.45, 2.75) is 18.9 Å². The van der Waals surface area contributed by atoms with E-state index in [0.29, 0.717) is 24.6 Å². The molecule has 2 aliphatic heterocycles. The zero-order valence-electron chi connectivity index (χ0n) is 10.9. The van der Waals surface area contributed by atoms with Crippen LogP contribution in [0.15, 0.2) is 35.7 Å². The second kappa shape index (κ2) is 3.83. The number of carbonyl (C=O) groups is 1. The molecular weight excluding hydrogens is 256 g/mol. The highest BCUT2D eigenvalue weighted by Gasteiger charge is 2.52. The zero-order chi connectivity index (χ0) is 13.7. The summed E-state index contributed by atoms with van der Waals surface area (Å²) in [4.78, 5) is 24.9. The third kappa shape index (κ3) is 1.31. The van der Waals surface area contributed by atoms with Gasteiger partial charge in [-0.25, -0.2) is 9.78 Å². The highest BCUT2D eigenvalue weighted by atomic mass is 16.5. The second-order valence-corrected chi connectivity index (χ2v) is 4.96. The van der Waals surface area contributed by atoms with Crippen LogP contribution in [0.4, 0.5) is 4.79 Å². The van der Waals surface area contributed by atoms with Gasteiger partial charge in [-0.2, -0.15) is 4.99 Å². The van der Waals surface area contributed by atoms with Crippen molar-refractivity contribution in [1.29, 1.82) is 0 Å². The lowest BCUT2D eigenvalue weighted by atomic mass is 9.90. The number of nitrogens with zero attached hydrogens (tertiary/aromatic N) is 4. The predicted molar refractivity (Wildman–Crippen MR) is 70.8 cm³/mol.